The predicted octanol–water partition coefficient (Wildman–Crippen LogP) is 19.0. The average molecular weight is 1050 g/mol. The number of benzene rings is 10. The van der Waals surface area contributed by atoms with Gasteiger partial charge in [-0.05, 0) is 125 Å². The van der Waals surface area contributed by atoms with Gasteiger partial charge in [0.15, 0.2) is 22.4 Å². The summed E-state index contributed by atoms with van der Waals surface area (Å²) < 4.78 is 0. The first-order chi connectivity index (χ1) is 39.0. The summed E-state index contributed by atoms with van der Waals surface area (Å²) in [6, 6.07) is 94.6. The third kappa shape index (κ3) is 9.24. The van der Waals surface area contributed by atoms with Gasteiger partial charge in [0, 0.05) is 0 Å². The summed E-state index contributed by atoms with van der Waals surface area (Å²) in [7, 11) is 0. The fraction of sp³-hybridized carbons (Fsp3) is 0.211. The van der Waals surface area contributed by atoms with Crippen LogP contribution in [0.25, 0.3) is 0 Å². The van der Waals surface area contributed by atoms with E-state index >= 15 is 0 Å². The molecule has 0 aliphatic carbocycles. The van der Waals surface area contributed by atoms with Gasteiger partial charge >= 0.3 is 0 Å². The standard InChI is InChI=1S/C76H72O4/c1-53(2)65-49-66(54(3)4)70-51-69(65)73(57-33-17-9-18-34-57,58-35-19-10-20-36-58)77-78-75(61-41-25-13-26-42-61,62-43-27-14-28-44-62)71-52-72(68(56(7)8)50-67(71)55(5)6)76(63-45-29-15-30-46-63,64-47-31-16-32-48-64)80-79-74(70,59-37-21-11-22-38-59)60-39-23-12-24-40-60/h9-56H,1-8H3. The van der Waals surface area contributed by atoms with Crippen molar-refractivity contribution in [3.8, 4) is 0 Å². The van der Waals surface area contributed by atoms with Crippen LogP contribution in [0.15, 0.2) is 267 Å². The first-order valence-electron chi connectivity index (χ1n) is 28.5. The number of hydrogen-bond donors (Lipinski definition) is 0. The van der Waals surface area contributed by atoms with Crippen molar-refractivity contribution in [1.29, 1.82) is 0 Å². The van der Waals surface area contributed by atoms with Crippen molar-refractivity contribution in [3.05, 3.63) is 356 Å². The summed E-state index contributed by atoms with van der Waals surface area (Å²) in [5.74, 6) is 0.0605. The zero-order valence-electron chi connectivity index (χ0n) is 47.3. The maximum Gasteiger partial charge on any atom is 0.179 e. The Morgan fingerprint density at radius 3 is 0.463 bits per heavy atom. The largest absolute Gasteiger partial charge is 0.214 e. The van der Waals surface area contributed by atoms with E-state index in [2.05, 4.69) is 322 Å². The van der Waals surface area contributed by atoms with Crippen molar-refractivity contribution >= 4 is 0 Å². The monoisotopic (exact) mass is 1050 g/mol. The van der Waals surface area contributed by atoms with Crippen molar-refractivity contribution in [2.24, 2.45) is 0 Å². The molecular formula is C76H72O4. The van der Waals surface area contributed by atoms with Crippen LogP contribution in [0.2, 0.25) is 0 Å². The summed E-state index contributed by atoms with van der Waals surface area (Å²) >= 11 is 0. The maximum atomic E-state index is 8.14. The first kappa shape index (κ1) is 54.0. The Kier molecular flexibility index (Phi) is 15.3. The summed E-state index contributed by atoms with van der Waals surface area (Å²) in [5, 5.41) is 0. The fourth-order valence-corrected chi connectivity index (χ4v) is 12.5. The van der Waals surface area contributed by atoms with Gasteiger partial charge in [-0.25, -0.2) is 19.6 Å². The van der Waals surface area contributed by atoms with E-state index in [-0.39, 0.29) is 23.7 Å². The van der Waals surface area contributed by atoms with E-state index in [0.29, 0.717) is 0 Å². The highest BCUT2D eigenvalue weighted by Gasteiger charge is 2.53. The van der Waals surface area contributed by atoms with E-state index in [4.69, 9.17) is 19.6 Å². The van der Waals surface area contributed by atoms with Gasteiger partial charge in [-0.2, -0.15) is 0 Å². The molecule has 4 nitrogen and oxygen atoms in total. The third-order valence-corrected chi connectivity index (χ3v) is 16.5. The van der Waals surface area contributed by atoms with Crippen LogP contribution in [0, 0.1) is 0 Å². The summed E-state index contributed by atoms with van der Waals surface area (Å²) in [6.07, 6.45) is 0. The molecule has 0 atom stereocenters. The summed E-state index contributed by atoms with van der Waals surface area (Å²) in [5.41, 5.74) is 9.53. The lowest BCUT2D eigenvalue weighted by molar-refractivity contribution is -0.390. The van der Waals surface area contributed by atoms with Crippen LogP contribution in [-0.4, -0.2) is 0 Å². The SMILES string of the molecule is CC(C)c1cc(C(C)C)c2cc1C(c1ccccc1)(c1ccccc1)OOC(c1ccccc1)(c1ccccc1)c1cc(c(C(C)C)cc1C(C)C)C(c1ccccc1)(c1ccccc1)OOC2(c1ccccc1)c1ccccc1. The highest BCUT2D eigenvalue weighted by atomic mass is 17.2. The molecule has 0 saturated carbocycles. The zero-order chi connectivity index (χ0) is 55.5. The topological polar surface area (TPSA) is 36.9 Å². The molecule has 0 saturated heterocycles. The van der Waals surface area contributed by atoms with Crippen LogP contribution in [0.4, 0.5) is 0 Å². The summed E-state index contributed by atoms with van der Waals surface area (Å²) in [4.78, 5) is 32.6. The van der Waals surface area contributed by atoms with Crippen molar-refractivity contribution in [2.75, 3.05) is 0 Å². The minimum atomic E-state index is -1.43. The lowest BCUT2D eigenvalue weighted by Crippen LogP contribution is -2.44. The molecule has 4 heteroatoms. The number of rotatable bonds is 12. The second-order valence-corrected chi connectivity index (χ2v) is 22.7. The van der Waals surface area contributed by atoms with E-state index in [1.807, 2.05) is 0 Å². The van der Waals surface area contributed by atoms with Crippen LogP contribution in [-0.2, 0) is 42.0 Å². The molecule has 0 N–H and O–H groups in total. The van der Waals surface area contributed by atoms with Crippen LogP contribution >= 0.6 is 0 Å². The van der Waals surface area contributed by atoms with Gasteiger partial charge in [-0.1, -0.05) is 310 Å². The number of hydrogen-bond acceptors (Lipinski definition) is 4. The zero-order valence-corrected chi connectivity index (χ0v) is 47.3. The molecule has 0 fully saturated rings. The van der Waals surface area contributed by atoms with Gasteiger partial charge in [-0.3, -0.25) is 0 Å². The Hall–Kier alpha value is -7.96. The molecule has 80 heavy (non-hydrogen) atoms. The minimum absolute atomic E-state index is 0.0151. The predicted molar refractivity (Wildman–Crippen MR) is 325 cm³/mol. The molecule has 0 unspecified atom stereocenters. The lowest BCUT2D eigenvalue weighted by Gasteiger charge is -2.46. The first-order valence-corrected chi connectivity index (χ1v) is 28.5. The molecule has 0 radical (unpaired) electrons. The van der Waals surface area contributed by atoms with E-state index in [1.165, 1.54) is 0 Å². The lowest BCUT2D eigenvalue weighted by atomic mass is 9.70. The molecule has 11 rings (SSSR count). The smallest absolute Gasteiger partial charge is 0.179 e. The maximum absolute atomic E-state index is 8.14. The Morgan fingerprint density at radius 1 is 0.200 bits per heavy atom. The Balaban J connectivity index is 1.44. The quantitative estimate of drug-likeness (QED) is 0.114. The van der Waals surface area contributed by atoms with Crippen LogP contribution in [0.1, 0.15) is 168 Å². The van der Waals surface area contributed by atoms with Crippen LogP contribution < -0.4 is 0 Å². The Bertz CT molecular complexity index is 3000. The highest BCUT2D eigenvalue weighted by molar-refractivity contribution is 5.62. The summed E-state index contributed by atoms with van der Waals surface area (Å²) in [6.45, 7) is 18.2. The van der Waals surface area contributed by atoms with E-state index in [0.717, 1.165) is 89.0 Å². The highest BCUT2D eigenvalue weighted by Crippen LogP contribution is 2.56. The van der Waals surface area contributed by atoms with E-state index < -0.39 is 22.4 Å². The van der Waals surface area contributed by atoms with Crippen LogP contribution in [0.5, 0.6) is 0 Å². The average Bonchev–Trinajstić information content (AvgIpc) is 3.69. The molecule has 400 valence electrons. The Morgan fingerprint density at radius 2 is 0.338 bits per heavy atom. The van der Waals surface area contributed by atoms with E-state index in [9.17, 15) is 0 Å². The van der Waals surface area contributed by atoms with Crippen molar-refractivity contribution in [2.45, 2.75) is 101 Å². The molecular weight excluding hydrogens is 977 g/mol. The molecule has 1 aliphatic rings. The second kappa shape index (κ2) is 22.7. The van der Waals surface area contributed by atoms with Crippen molar-refractivity contribution < 1.29 is 19.6 Å². The molecule has 4 bridgehead atoms. The second-order valence-electron chi connectivity index (χ2n) is 22.7. The minimum Gasteiger partial charge on any atom is -0.214 e. The normalized spacial score (nSPS) is 15.7. The molecule has 10 aromatic carbocycles. The van der Waals surface area contributed by atoms with Crippen LogP contribution in [0.3, 0.4) is 0 Å². The van der Waals surface area contributed by atoms with Gasteiger partial charge in [0.2, 0.25) is 0 Å². The molecule has 0 spiro atoms. The fourth-order valence-electron chi connectivity index (χ4n) is 12.5. The molecule has 0 aromatic heterocycles. The van der Waals surface area contributed by atoms with Gasteiger partial charge in [-0.15, -0.1) is 0 Å². The number of fused-ring (bicyclic) bond motifs is 4. The Labute approximate surface area is 474 Å². The van der Waals surface area contributed by atoms with Crippen molar-refractivity contribution in [1.82, 2.24) is 0 Å². The van der Waals surface area contributed by atoms with Gasteiger partial charge in [0.25, 0.3) is 0 Å². The molecule has 0 amide bonds. The molecule has 1 aliphatic heterocycles. The van der Waals surface area contributed by atoms with Gasteiger partial charge in [0.05, 0.1) is 0 Å². The third-order valence-electron chi connectivity index (χ3n) is 16.5. The molecule has 10 aromatic rings. The van der Waals surface area contributed by atoms with E-state index in [1.54, 1.807) is 0 Å². The molecule has 1 heterocycles. The van der Waals surface area contributed by atoms with Crippen molar-refractivity contribution in [3.63, 3.8) is 0 Å². The van der Waals surface area contributed by atoms with Gasteiger partial charge in [0.1, 0.15) is 0 Å². The van der Waals surface area contributed by atoms with Gasteiger partial charge < -0.3 is 0 Å².